The number of ether oxygens (including phenoxy) is 2. The fourth-order valence-corrected chi connectivity index (χ4v) is 3.99. The summed E-state index contributed by atoms with van der Waals surface area (Å²) >= 11 is 0. The van der Waals surface area contributed by atoms with Gasteiger partial charge in [0.15, 0.2) is 6.61 Å². The van der Waals surface area contributed by atoms with E-state index in [-0.39, 0.29) is 30.3 Å². The smallest absolute Gasteiger partial charge is 0.314 e. The van der Waals surface area contributed by atoms with Crippen molar-refractivity contribution >= 4 is 17.6 Å². The van der Waals surface area contributed by atoms with Crippen molar-refractivity contribution < 1.29 is 19.1 Å². The number of hydrogen-bond donors (Lipinski definition) is 0. The SMILES string of the molecule is CC[C@@H](C)[C@H](C(=O)OCC(=O)N1CCN(c2ccccc2OC)CC1)c1ccccc1. The van der Waals surface area contributed by atoms with E-state index in [1.807, 2.05) is 61.5 Å². The second-order valence-corrected chi connectivity index (χ2v) is 7.92. The van der Waals surface area contributed by atoms with E-state index in [9.17, 15) is 9.59 Å². The standard InChI is InChI=1S/C25H32N2O4/c1-4-19(2)24(20-10-6-5-7-11-20)25(29)31-18-23(28)27-16-14-26(15-17-27)21-12-8-9-13-22(21)30-3/h5-13,19,24H,4,14-18H2,1-3H3/t19-,24+/m1/s1. The van der Waals surface area contributed by atoms with Gasteiger partial charge >= 0.3 is 5.97 Å². The third-order valence-corrected chi connectivity index (χ3v) is 6.02. The number of rotatable bonds is 8. The molecule has 6 nitrogen and oxygen atoms in total. The van der Waals surface area contributed by atoms with E-state index in [2.05, 4.69) is 11.8 Å². The van der Waals surface area contributed by atoms with Crippen LogP contribution in [0.4, 0.5) is 5.69 Å². The number of carbonyl (C=O) groups excluding carboxylic acids is 2. The number of hydrogen-bond acceptors (Lipinski definition) is 5. The molecule has 0 aromatic heterocycles. The molecule has 6 heteroatoms. The summed E-state index contributed by atoms with van der Waals surface area (Å²) in [5.74, 6) is 0.120. The number of esters is 1. The highest BCUT2D eigenvalue weighted by atomic mass is 16.5. The maximum absolute atomic E-state index is 12.8. The summed E-state index contributed by atoms with van der Waals surface area (Å²) in [6, 6.07) is 17.5. The molecule has 0 unspecified atom stereocenters. The first-order chi connectivity index (χ1) is 15.0. The van der Waals surface area contributed by atoms with Gasteiger partial charge in [-0.25, -0.2) is 0 Å². The van der Waals surface area contributed by atoms with E-state index >= 15 is 0 Å². The first kappa shape index (κ1) is 22.7. The molecular weight excluding hydrogens is 392 g/mol. The summed E-state index contributed by atoms with van der Waals surface area (Å²) in [5.41, 5.74) is 1.96. The molecule has 0 N–H and O–H groups in total. The molecule has 3 rings (SSSR count). The zero-order valence-electron chi connectivity index (χ0n) is 18.6. The Bertz CT molecular complexity index is 863. The Morgan fingerprint density at radius 1 is 0.968 bits per heavy atom. The van der Waals surface area contributed by atoms with Crippen molar-refractivity contribution in [2.45, 2.75) is 26.2 Å². The van der Waals surface area contributed by atoms with Crippen LogP contribution < -0.4 is 9.64 Å². The van der Waals surface area contributed by atoms with Crippen molar-refractivity contribution in [1.82, 2.24) is 4.90 Å². The molecule has 31 heavy (non-hydrogen) atoms. The Morgan fingerprint density at radius 3 is 2.26 bits per heavy atom. The van der Waals surface area contributed by atoms with Crippen molar-refractivity contribution in [3.8, 4) is 5.75 Å². The van der Waals surface area contributed by atoms with E-state index in [4.69, 9.17) is 9.47 Å². The largest absolute Gasteiger partial charge is 0.495 e. The summed E-state index contributed by atoms with van der Waals surface area (Å²) < 4.78 is 10.9. The minimum atomic E-state index is -0.360. The molecule has 1 aliphatic heterocycles. The molecule has 0 saturated carbocycles. The molecule has 1 saturated heterocycles. The highest BCUT2D eigenvalue weighted by Gasteiger charge is 2.29. The summed E-state index contributed by atoms with van der Waals surface area (Å²) in [6.07, 6.45) is 0.855. The zero-order valence-corrected chi connectivity index (χ0v) is 18.6. The fourth-order valence-electron chi connectivity index (χ4n) is 3.99. The van der Waals surface area contributed by atoms with Crippen LogP contribution in [-0.4, -0.2) is 56.7 Å². The number of amides is 1. The zero-order chi connectivity index (χ0) is 22.2. The lowest BCUT2D eigenvalue weighted by Gasteiger charge is -2.36. The predicted molar refractivity (Wildman–Crippen MR) is 121 cm³/mol. The number of anilines is 1. The molecule has 1 heterocycles. The number of piperazine rings is 1. The molecule has 166 valence electrons. The van der Waals surface area contributed by atoms with Gasteiger partial charge in [0, 0.05) is 26.2 Å². The monoisotopic (exact) mass is 424 g/mol. The van der Waals surface area contributed by atoms with Gasteiger partial charge in [-0.05, 0) is 23.6 Å². The Labute approximate surface area is 184 Å². The van der Waals surface area contributed by atoms with Crippen LogP contribution in [-0.2, 0) is 14.3 Å². The number of para-hydroxylation sites is 2. The van der Waals surface area contributed by atoms with Crippen molar-refractivity contribution in [3.63, 3.8) is 0 Å². The quantitative estimate of drug-likeness (QED) is 0.605. The van der Waals surface area contributed by atoms with Crippen LogP contribution in [0.5, 0.6) is 5.75 Å². The normalized spacial score (nSPS) is 15.8. The third kappa shape index (κ3) is 5.57. The van der Waals surface area contributed by atoms with E-state index in [0.717, 1.165) is 23.4 Å². The van der Waals surface area contributed by atoms with E-state index < -0.39 is 0 Å². The maximum Gasteiger partial charge on any atom is 0.314 e. The molecule has 2 atom stereocenters. The van der Waals surface area contributed by atoms with Crippen LogP contribution >= 0.6 is 0 Å². The van der Waals surface area contributed by atoms with Crippen molar-refractivity contribution in [2.75, 3.05) is 44.8 Å². The lowest BCUT2D eigenvalue weighted by atomic mass is 9.86. The summed E-state index contributed by atoms with van der Waals surface area (Å²) in [6.45, 7) is 6.47. The molecule has 0 aliphatic carbocycles. The van der Waals surface area contributed by atoms with Crippen molar-refractivity contribution in [3.05, 3.63) is 60.2 Å². The molecule has 1 amide bonds. The Kier molecular flexibility index (Phi) is 7.93. The summed E-state index contributed by atoms with van der Waals surface area (Å²) in [7, 11) is 1.66. The molecule has 0 bridgehead atoms. The van der Waals surface area contributed by atoms with E-state index in [1.165, 1.54) is 0 Å². The number of benzene rings is 2. The molecule has 0 radical (unpaired) electrons. The van der Waals surface area contributed by atoms with Gasteiger partial charge in [-0.3, -0.25) is 9.59 Å². The minimum absolute atomic E-state index is 0.134. The van der Waals surface area contributed by atoms with E-state index in [1.54, 1.807) is 12.0 Å². The van der Waals surface area contributed by atoms with Gasteiger partial charge in [-0.2, -0.15) is 0 Å². The number of methoxy groups -OCH3 is 1. The summed E-state index contributed by atoms with van der Waals surface area (Å²) in [5, 5.41) is 0. The van der Waals surface area contributed by atoms with Gasteiger partial charge in [0.2, 0.25) is 0 Å². The molecule has 1 aliphatic rings. The lowest BCUT2D eigenvalue weighted by molar-refractivity contribution is -0.154. The third-order valence-electron chi connectivity index (χ3n) is 6.02. The average molecular weight is 425 g/mol. The van der Waals surface area contributed by atoms with E-state index in [0.29, 0.717) is 26.2 Å². The summed E-state index contributed by atoms with van der Waals surface area (Å²) in [4.78, 5) is 29.5. The number of nitrogens with zero attached hydrogens (tertiary/aromatic N) is 2. The molecule has 0 spiro atoms. The van der Waals surface area contributed by atoms with Crippen LogP contribution in [0.25, 0.3) is 0 Å². The van der Waals surface area contributed by atoms with Gasteiger partial charge in [-0.1, -0.05) is 62.7 Å². The molecular formula is C25H32N2O4. The highest BCUT2D eigenvalue weighted by molar-refractivity contribution is 5.83. The Hall–Kier alpha value is -3.02. The van der Waals surface area contributed by atoms with Crippen LogP contribution in [0.15, 0.2) is 54.6 Å². The maximum atomic E-state index is 12.8. The fraction of sp³-hybridized carbons (Fsp3) is 0.440. The molecule has 1 fully saturated rings. The topological polar surface area (TPSA) is 59.1 Å². The van der Waals surface area contributed by atoms with Gasteiger partial charge in [-0.15, -0.1) is 0 Å². The van der Waals surface area contributed by atoms with Crippen LogP contribution in [0.2, 0.25) is 0 Å². The minimum Gasteiger partial charge on any atom is -0.495 e. The first-order valence-electron chi connectivity index (χ1n) is 10.9. The molecule has 2 aromatic carbocycles. The highest BCUT2D eigenvalue weighted by Crippen LogP contribution is 2.29. The molecule has 2 aromatic rings. The number of carbonyl (C=O) groups is 2. The van der Waals surface area contributed by atoms with Crippen molar-refractivity contribution in [2.24, 2.45) is 5.92 Å². The van der Waals surface area contributed by atoms with Gasteiger partial charge in [0.05, 0.1) is 18.7 Å². The van der Waals surface area contributed by atoms with Gasteiger partial charge in [0.1, 0.15) is 5.75 Å². The lowest BCUT2D eigenvalue weighted by Crippen LogP contribution is -2.50. The Balaban J connectivity index is 1.54. The second-order valence-electron chi connectivity index (χ2n) is 7.92. The Morgan fingerprint density at radius 2 is 1.61 bits per heavy atom. The van der Waals surface area contributed by atoms with Crippen LogP contribution in [0.1, 0.15) is 31.7 Å². The van der Waals surface area contributed by atoms with Crippen LogP contribution in [0, 0.1) is 5.92 Å². The average Bonchev–Trinajstić information content (AvgIpc) is 2.83. The first-order valence-corrected chi connectivity index (χ1v) is 10.9. The second kappa shape index (κ2) is 10.8. The van der Waals surface area contributed by atoms with Gasteiger partial charge in [0.25, 0.3) is 5.91 Å². The predicted octanol–water partition coefficient (Wildman–Crippen LogP) is 3.72. The van der Waals surface area contributed by atoms with Crippen molar-refractivity contribution in [1.29, 1.82) is 0 Å². The van der Waals surface area contributed by atoms with Gasteiger partial charge < -0.3 is 19.3 Å². The van der Waals surface area contributed by atoms with Crippen LogP contribution in [0.3, 0.4) is 0 Å².